The third-order valence-corrected chi connectivity index (χ3v) is 4.58. The largest absolute Gasteiger partial charge is 0.323 e. The molecule has 1 aromatic heterocycles. The lowest BCUT2D eigenvalue weighted by Crippen LogP contribution is -2.28. The molecule has 0 amide bonds. The van der Waals surface area contributed by atoms with Crippen molar-refractivity contribution in [3.63, 3.8) is 0 Å². The maximum absolute atomic E-state index is 6.28. The zero-order valence-corrected chi connectivity index (χ0v) is 11.6. The summed E-state index contributed by atoms with van der Waals surface area (Å²) in [7, 11) is 0. The highest BCUT2D eigenvalue weighted by Crippen LogP contribution is 2.39. The van der Waals surface area contributed by atoms with E-state index in [4.69, 9.17) is 5.73 Å². The Hall–Kier alpha value is 0.140. The summed E-state index contributed by atoms with van der Waals surface area (Å²) in [6.07, 6.45) is 1.10. The Balaban J connectivity index is 3.00. The summed E-state index contributed by atoms with van der Waals surface area (Å²) in [6, 6.07) is 2.29. The second-order valence-electron chi connectivity index (χ2n) is 4.38. The van der Waals surface area contributed by atoms with Crippen molar-refractivity contribution >= 4 is 27.3 Å². The minimum absolute atomic E-state index is 0.134. The summed E-state index contributed by atoms with van der Waals surface area (Å²) in [5.41, 5.74) is 7.74. The molecular formula is C11H18BrNS. The van der Waals surface area contributed by atoms with Gasteiger partial charge in [0, 0.05) is 10.9 Å². The zero-order valence-electron chi connectivity index (χ0n) is 9.23. The molecule has 1 nitrogen and oxygen atoms in total. The van der Waals surface area contributed by atoms with Crippen LogP contribution in [-0.4, -0.2) is 0 Å². The van der Waals surface area contributed by atoms with E-state index in [0.29, 0.717) is 0 Å². The lowest BCUT2D eigenvalue weighted by molar-refractivity contribution is 0.278. The highest BCUT2D eigenvalue weighted by molar-refractivity contribution is 9.11. The van der Waals surface area contributed by atoms with Crippen LogP contribution < -0.4 is 5.73 Å². The van der Waals surface area contributed by atoms with Gasteiger partial charge in [-0.05, 0) is 46.3 Å². The third kappa shape index (κ3) is 2.38. The molecule has 1 aromatic rings. The number of nitrogens with two attached hydrogens (primary N) is 1. The van der Waals surface area contributed by atoms with Crippen molar-refractivity contribution in [2.24, 2.45) is 11.1 Å². The number of thiophene rings is 1. The van der Waals surface area contributed by atoms with Crippen molar-refractivity contribution in [1.82, 2.24) is 0 Å². The fourth-order valence-electron chi connectivity index (χ4n) is 1.41. The normalized spacial score (nSPS) is 14.4. The number of halogens is 1. The zero-order chi connectivity index (χ0) is 10.9. The predicted molar refractivity (Wildman–Crippen MR) is 67.8 cm³/mol. The molecule has 3 heteroatoms. The second-order valence-corrected chi connectivity index (χ2v) is 7.02. The van der Waals surface area contributed by atoms with Crippen molar-refractivity contribution in [3.05, 3.63) is 20.3 Å². The first-order valence-electron chi connectivity index (χ1n) is 4.90. The van der Waals surface area contributed by atoms with Crippen LogP contribution in [0.15, 0.2) is 9.85 Å². The SMILES string of the molecule is CCC(C)(C)C(N)c1cc(Br)sc1C. The minimum Gasteiger partial charge on any atom is -0.323 e. The van der Waals surface area contributed by atoms with Gasteiger partial charge in [-0.1, -0.05) is 20.8 Å². The van der Waals surface area contributed by atoms with Crippen LogP contribution in [0.25, 0.3) is 0 Å². The number of hydrogen-bond acceptors (Lipinski definition) is 2. The molecule has 1 rings (SSSR count). The van der Waals surface area contributed by atoms with Gasteiger partial charge in [0.1, 0.15) is 0 Å². The van der Waals surface area contributed by atoms with Crippen LogP contribution in [0.5, 0.6) is 0 Å². The Morgan fingerprint density at radius 2 is 2.14 bits per heavy atom. The highest BCUT2D eigenvalue weighted by atomic mass is 79.9. The lowest BCUT2D eigenvalue weighted by Gasteiger charge is -2.30. The monoisotopic (exact) mass is 275 g/mol. The van der Waals surface area contributed by atoms with Gasteiger partial charge >= 0.3 is 0 Å². The second kappa shape index (κ2) is 4.33. The van der Waals surface area contributed by atoms with Crippen LogP contribution in [0.4, 0.5) is 0 Å². The van der Waals surface area contributed by atoms with Crippen LogP contribution in [0.3, 0.4) is 0 Å². The fraction of sp³-hybridized carbons (Fsp3) is 0.636. The van der Waals surface area contributed by atoms with Crippen LogP contribution in [0.2, 0.25) is 0 Å². The molecular weight excluding hydrogens is 258 g/mol. The van der Waals surface area contributed by atoms with E-state index in [9.17, 15) is 0 Å². The van der Waals surface area contributed by atoms with Gasteiger partial charge in [-0.3, -0.25) is 0 Å². The van der Waals surface area contributed by atoms with Crippen LogP contribution >= 0.6 is 27.3 Å². The van der Waals surface area contributed by atoms with E-state index in [1.54, 1.807) is 11.3 Å². The van der Waals surface area contributed by atoms with E-state index in [0.717, 1.165) is 6.42 Å². The fourth-order valence-corrected chi connectivity index (χ4v) is 3.17. The van der Waals surface area contributed by atoms with E-state index < -0.39 is 0 Å². The molecule has 0 aromatic carbocycles. The average Bonchev–Trinajstić information content (AvgIpc) is 2.44. The Kier molecular flexibility index (Phi) is 3.78. The topological polar surface area (TPSA) is 26.0 Å². The van der Waals surface area contributed by atoms with Gasteiger partial charge in [-0.25, -0.2) is 0 Å². The Labute approximate surface area is 98.8 Å². The van der Waals surface area contributed by atoms with Crippen LogP contribution in [-0.2, 0) is 0 Å². The van der Waals surface area contributed by atoms with Gasteiger partial charge < -0.3 is 5.73 Å². The van der Waals surface area contributed by atoms with Crippen molar-refractivity contribution in [2.75, 3.05) is 0 Å². The van der Waals surface area contributed by atoms with E-state index >= 15 is 0 Å². The molecule has 0 spiro atoms. The van der Waals surface area contributed by atoms with Gasteiger partial charge in [-0.15, -0.1) is 11.3 Å². The van der Waals surface area contributed by atoms with Crippen molar-refractivity contribution in [3.8, 4) is 0 Å². The Bertz CT molecular complexity index is 317. The van der Waals surface area contributed by atoms with Crippen molar-refractivity contribution in [2.45, 2.75) is 40.2 Å². The van der Waals surface area contributed by atoms with Gasteiger partial charge in [0.05, 0.1) is 3.79 Å². The summed E-state index contributed by atoms with van der Waals surface area (Å²) in [6.45, 7) is 8.78. The standard InChI is InChI=1S/C11H18BrNS/c1-5-11(3,4)10(13)8-6-9(12)14-7(8)2/h6,10H,5,13H2,1-4H3. The average molecular weight is 276 g/mol. The molecule has 0 radical (unpaired) electrons. The number of aryl methyl sites for hydroxylation is 1. The van der Waals surface area contributed by atoms with E-state index in [-0.39, 0.29) is 11.5 Å². The Morgan fingerprint density at radius 1 is 1.57 bits per heavy atom. The van der Waals surface area contributed by atoms with Crippen molar-refractivity contribution < 1.29 is 0 Å². The molecule has 0 fully saturated rings. The summed E-state index contributed by atoms with van der Waals surface area (Å²) >= 11 is 5.26. The van der Waals surface area contributed by atoms with Gasteiger partial charge in [-0.2, -0.15) is 0 Å². The molecule has 14 heavy (non-hydrogen) atoms. The summed E-state index contributed by atoms with van der Waals surface area (Å²) in [5.74, 6) is 0. The molecule has 0 aliphatic rings. The van der Waals surface area contributed by atoms with E-state index in [1.165, 1.54) is 14.2 Å². The third-order valence-electron chi connectivity index (χ3n) is 3.01. The first-order valence-corrected chi connectivity index (χ1v) is 6.51. The molecule has 0 saturated heterocycles. The van der Waals surface area contributed by atoms with Gasteiger partial charge in [0.25, 0.3) is 0 Å². The summed E-state index contributed by atoms with van der Waals surface area (Å²) in [4.78, 5) is 1.32. The summed E-state index contributed by atoms with van der Waals surface area (Å²) < 4.78 is 1.17. The molecule has 1 unspecified atom stereocenters. The van der Waals surface area contributed by atoms with Crippen LogP contribution in [0.1, 0.15) is 43.7 Å². The van der Waals surface area contributed by atoms with Crippen LogP contribution in [0, 0.1) is 12.3 Å². The quantitative estimate of drug-likeness (QED) is 0.877. The van der Waals surface area contributed by atoms with Gasteiger partial charge in [0.2, 0.25) is 0 Å². The maximum atomic E-state index is 6.28. The smallest absolute Gasteiger partial charge is 0.0704 e. The minimum atomic E-state index is 0.134. The molecule has 0 saturated carbocycles. The van der Waals surface area contributed by atoms with E-state index in [1.807, 2.05) is 0 Å². The van der Waals surface area contributed by atoms with Crippen molar-refractivity contribution in [1.29, 1.82) is 0 Å². The lowest BCUT2D eigenvalue weighted by atomic mass is 9.79. The molecule has 2 N–H and O–H groups in total. The molecule has 80 valence electrons. The van der Waals surface area contributed by atoms with Gasteiger partial charge in [0.15, 0.2) is 0 Å². The molecule has 0 aliphatic heterocycles. The highest BCUT2D eigenvalue weighted by Gasteiger charge is 2.27. The first-order chi connectivity index (χ1) is 6.38. The summed E-state index contributed by atoms with van der Waals surface area (Å²) in [5, 5.41) is 0. The first kappa shape index (κ1) is 12.2. The molecule has 0 aliphatic carbocycles. The molecule has 1 atom stereocenters. The predicted octanol–water partition coefficient (Wildman–Crippen LogP) is 4.26. The Morgan fingerprint density at radius 3 is 2.50 bits per heavy atom. The number of hydrogen-bond donors (Lipinski definition) is 1. The van der Waals surface area contributed by atoms with E-state index in [2.05, 4.69) is 49.7 Å². The molecule has 1 heterocycles. The maximum Gasteiger partial charge on any atom is 0.0704 e. The molecule has 0 bridgehead atoms. The number of rotatable bonds is 3.